The van der Waals surface area contributed by atoms with Gasteiger partial charge in [0.2, 0.25) is 0 Å². The van der Waals surface area contributed by atoms with Crippen molar-refractivity contribution in [2.75, 3.05) is 0 Å². The van der Waals surface area contributed by atoms with Crippen LogP contribution in [-0.2, 0) is 0 Å². The second kappa shape index (κ2) is 2.43. The Morgan fingerprint density at radius 2 is 2.25 bits per heavy atom. The van der Waals surface area contributed by atoms with Crippen LogP contribution >= 0.6 is 0 Å². The van der Waals surface area contributed by atoms with Gasteiger partial charge in [-0.25, -0.2) is 0 Å². The van der Waals surface area contributed by atoms with Crippen molar-refractivity contribution in [3.05, 3.63) is 5.92 Å². The topological polar surface area (TPSA) is 0 Å². The van der Waals surface area contributed by atoms with E-state index in [1.54, 1.807) is 5.92 Å². The van der Waals surface area contributed by atoms with Crippen LogP contribution in [0.3, 0.4) is 0 Å². The zero-order valence-corrected chi connectivity index (χ0v) is 5.91. The van der Waals surface area contributed by atoms with E-state index in [-0.39, 0.29) is 0 Å². The molecule has 0 aromatic heterocycles. The van der Waals surface area contributed by atoms with Crippen LogP contribution in [0, 0.1) is 11.8 Å². The van der Waals surface area contributed by atoms with Gasteiger partial charge in [-0.1, -0.05) is 6.92 Å². The Labute approximate surface area is 52.3 Å². The van der Waals surface area contributed by atoms with Crippen LogP contribution in [0.25, 0.3) is 0 Å². The Hall–Kier alpha value is -0.130. The summed E-state index contributed by atoms with van der Waals surface area (Å²) >= 11 is 0. The SMILES string of the molecule is C[C+]1CCCC(C)C1. The quantitative estimate of drug-likeness (QED) is 0.422. The van der Waals surface area contributed by atoms with E-state index in [1.165, 1.54) is 25.7 Å². The highest BCUT2D eigenvalue weighted by molar-refractivity contribution is 4.89. The molecule has 1 unspecified atom stereocenters. The molecule has 1 rings (SSSR count). The van der Waals surface area contributed by atoms with Gasteiger partial charge in [-0.15, -0.1) is 0 Å². The van der Waals surface area contributed by atoms with Crippen molar-refractivity contribution >= 4 is 0 Å². The summed E-state index contributed by atoms with van der Waals surface area (Å²) in [4.78, 5) is 0. The molecule has 1 atom stereocenters. The van der Waals surface area contributed by atoms with E-state index in [2.05, 4.69) is 13.8 Å². The monoisotopic (exact) mass is 111 g/mol. The minimum absolute atomic E-state index is 0.976. The van der Waals surface area contributed by atoms with Gasteiger partial charge in [0.1, 0.15) is 0 Å². The van der Waals surface area contributed by atoms with Gasteiger partial charge in [0.15, 0.2) is 0 Å². The molecule has 0 heteroatoms. The van der Waals surface area contributed by atoms with Crippen molar-refractivity contribution in [3.63, 3.8) is 0 Å². The fourth-order valence-corrected chi connectivity index (χ4v) is 1.55. The first-order chi connectivity index (χ1) is 3.79. The highest BCUT2D eigenvalue weighted by Gasteiger charge is 2.22. The van der Waals surface area contributed by atoms with Gasteiger partial charge < -0.3 is 0 Å². The Balaban J connectivity index is 2.23. The highest BCUT2D eigenvalue weighted by atomic mass is 14.2. The number of hydrogen-bond acceptors (Lipinski definition) is 0. The molecule has 8 heavy (non-hydrogen) atoms. The van der Waals surface area contributed by atoms with Gasteiger partial charge in [-0.05, 0) is 18.8 Å². The minimum atomic E-state index is 0.976. The zero-order valence-electron chi connectivity index (χ0n) is 5.91. The first-order valence-electron chi connectivity index (χ1n) is 3.60. The smallest absolute Gasteiger partial charge is 0.0584 e. The van der Waals surface area contributed by atoms with E-state index in [9.17, 15) is 0 Å². The van der Waals surface area contributed by atoms with Gasteiger partial charge in [0, 0.05) is 0 Å². The van der Waals surface area contributed by atoms with Crippen molar-refractivity contribution < 1.29 is 0 Å². The summed E-state index contributed by atoms with van der Waals surface area (Å²) in [5.41, 5.74) is 0. The lowest BCUT2D eigenvalue weighted by Crippen LogP contribution is -2.07. The average molecular weight is 111 g/mol. The number of rotatable bonds is 0. The van der Waals surface area contributed by atoms with E-state index in [4.69, 9.17) is 0 Å². The van der Waals surface area contributed by atoms with E-state index < -0.39 is 0 Å². The molecular formula is C8H15+. The molecule has 1 fully saturated rings. The van der Waals surface area contributed by atoms with Crippen LogP contribution in [0.2, 0.25) is 0 Å². The maximum Gasteiger partial charge on any atom is 0.0922 e. The fourth-order valence-electron chi connectivity index (χ4n) is 1.55. The van der Waals surface area contributed by atoms with Crippen molar-refractivity contribution in [1.29, 1.82) is 0 Å². The lowest BCUT2D eigenvalue weighted by Gasteiger charge is -2.14. The maximum atomic E-state index is 2.35. The molecule has 46 valence electrons. The summed E-state index contributed by atoms with van der Waals surface area (Å²) in [7, 11) is 0. The van der Waals surface area contributed by atoms with E-state index in [0.29, 0.717) is 0 Å². The van der Waals surface area contributed by atoms with Crippen molar-refractivity contribution in [1.82, 2.24) is 0 Å². The molecule has 0 radical (unpaired) electrons. The molecule has 0 saturated heterocycles. The van der Waals surface area contributed by atoms with Crippen molar-refractivity contribution in [2.24, 2.45) is 5.92 Å². The van der Waals surface area contributed by atoms with Crippen LogP contribution in [0.15, 0.2) is 0 Å². The van der Waals surface area contributed by atoms with Crippen LogP contribution in [0.1, 0.15) is 39.5 Å². The Morgan fingerprint density at radius 3 is 2.62 bits per heavy atom. The number of hydrogen-bond donors (Lipinski definition) is 0. The second-order valence-electron chi connectivity index (χ2n) is 3.16. The van der Waals surface area contributed by atoms with Crippen molar-refractivity contribution in [3.8, 4) is 0 Å². The molecule has 0 heterocycles. The molecule has 0 nitrogen and oxygen atoms in total. The highest BCUT2D eigenvalue weighted by Crippen LogP contribution is 2.28. The fraction of sp³-hybridized carbons (Fsp3) is 0.875. The second-order valence-corrected chi connectivity index (χ2v) is 3.16. The largest absolute Gasteiger partial charge is 0.0922 e. The van der Waals surface area contributed by atoms with E-state index >= 15 is 0 Å². The summed E-state index contributed by atoms with van der Waals surface area (Å²) in [5, 5.41) is 0. The Bertz CT molecular complexity index is 58.4. The van der Waals surface area contributed by atoms with Gasteiger partial charge in [0.05, 0.1) is 25.7 Å². The standard InChI is InChI=1S/C8H15/c1-7-4-3-5-8(2)6-7/h7H,3-6H2,1-2H3/q+1. The molecule has 0 N–H and O–H groups in total. The van der Waals surface area contributed by atoms with Crippen LogP contribution in [0.5, 0.6) is 0 Å². The predicted molar refractivity (Wildman–Crippen MR) is 36.5 cm³/mol. The molecule has 1 aliphatic carbocycles. The summed E-state index contributed by atoms with van der Waals surface area (Å²) in [6, 6.07) is 0. The van der Waals surface area contributed by atoms with Gasteiger partial charge >= 0.3 is 0 Å². The molecule has 1 aliphatic rings. The van der Waals surface area contributed by atoms with E-state index in [1.807, 2.05) is 0 Å². The molecule has 0 aromatic carbocycles. The molecular weight excluding hydrogens is 96.1 g/mol. The van der Waals surface area contributed by atoms with Crippen molar-refractivity contribution in [2.45, 2.75) is 39.5 Å². The summed E-state index contributed by atoms with van der Waals surface area (Å²) in [6.45, 7) is 4.64. The molecule has 0 aliphatic heterocycles. The molecule has 0 spiro atoms. The third kappa shape index (κ3) is 1.43. The summed E-state index contributed by atoms with van der Waals surface area (Å²) in [5.74, 6) is 2.69. The lowest BCUT2D eigenvalue weighted by atomic mass is 9.84. The summed E-state index contributed by atoms with van der Waals surface area (Å²) in [6.07, 6.45) is 5.68. The van der Waals surface area contributed by atoms with E-state index in [0.717, 1.165) is 5.92 Å². The molecule has 0 amide bonds. The maximum absolute atomic E-state index is 2.35. The Morgan fingerprint density at radius 1 is 1.50 bits per heavy atom. The minimum Gasteiger partial charge on any atom is -0.0584 e. The van der Waals surface area contributed by atoms with Crippen LogP contribution < -0.4 is 0 Å². The third-order valence-corrected chi connectivity index (χ3v) is 2.00. The van der Waals surface area contributed by atoms with Crippen LogP contribution in [-0.4, -0.2) is 0 Å². The average Bonchev–Trinajstić information content (AvgIpc) is 1.64. The predicted octanol–water partition coefficient (Wildman–Crippen LogP) is 2.79. The van der Waals surface area contributed by atoms with Crippen LogP contribution in [0.4, 0.5) is 0 Å². The molecule has 0 aromatic rings. The zero-order chi connectivity index (χ0) is 5.98. The van der Waals surface area contributed by atoms with Gasteiger partial charge in [-0.2, -0.15) is 0 Å². The molecule has 0 bridgehead atoms. The molecule has 1 saturated carbocycles. The summed E-state index contributed by atoms with van der Waals surface area (Å²) < 4.78 is 0. The first kappa shape index (κ1) is 6.00. The normalized spacial score (nSPS) is 30.8. The third-order valence-electron chi connectivity index (χ3n) is 2.00. The Kier molecular flexibility index (Phi) is 1.82. The lowest BCUT2D eigenvalue weighted by molar-refractivity contribution is 0.413. The van der Waals surface area contributed by atoms with Gasteiger partial charge in [-0.3, -0.25) is 0 Å². The first-order valence-corrected chi connectivity index (χ1v) is 3.60. The van der Waals surface area contributed by atoms with Gasteiger partial charge in [0.25, 0.3) is 0 Å².